The van der Waals surface area contributed by atoms with Gasteiger partial charge in [0.05, 0.1) is 11.8 Å². The van der Waals surface area contributed by atoms with Crippen molar-refractivity contribution in [1.82, 2.24) is 4.90 Å². The van der Waals surface area contributed by atoms with E-state index in [-0.39, 0.29) is 35.5 Å². The van der Waals surface area contributed by atoms with Crippen LogP contribution in [0.4, 0.5) is 5.69 Å². The zero-order valence-electron chi connectivity index (χ0n) is 18.6. The van der Waals surface area contributed by atoms with Crippen molar-refractivity contribution < 1.29 is 9.59 Å². The van der Waals surface area contributed by atoms with Gasteiger partial charge in [-0.3, -0.25) is 14.5 Å². The van der Waals surface area contributed by atoms with Crippen molar-refractivity contribution in [1.29, 1.82) is 0 Å². The molecule has 1 heterocycles. The first-order valence-electron chi connectivity index (χ1n) is 12.0. The van der Waals surface area contributed by atoms with E-state index in [1.165, 1.54) is 32.5 Å². The van der Waals surface area contributed by atoms with Gasteiger partial charge in [0.25, 0.3) is 0 Å². The lowest BCUT2D eigenvalue weighted by Gasteiger charge is -2.45. The monoisotopic (exact) mass is 444 g/mol. The summed E-state index contributed by atoms with van der Waals surface area (Å²) >= 11 is 0. The topological polar surface area (TPSA) is 49.4 Å². The number of nitrogens with one attached hydrogen (secondary N) is 1. The molecule has 2 atom stereocenters. The van der Waals surface area contributed by atoms with Gasteiger partial charge in [-0.05, 0) is 33.7 Å². The fourth-order valence-electron chi connectivity index (χ4n) is 6.64. The maximum atomic E-state index is 13.7. The summed E-state index contributed by atoms with van der Waals surface area (Å²) in [5.41, 5.74) is 5.87. The minimum atomic E-state index is -0.306. The van der Waals surface area contributed by atoms with Gasteiger partial charge >= 0.3 is 0 Å². The summed E-state index contributed by atoms with van der Waals surface area (Å²) in [4.78, 5) is 28.9. The van der Waals surface area contributed by atoms with Crippen molar-refractivity contribution in [3.63, 3.8) is 0 Å². The predicted molar refractivity (Wildman–Crippen MR) is 133 cm³/mol. The number of carbonyl (C=O) groups is 2. The van der Waals surface area contributed by atoms with E-state index in [4.69, 9.17) is 0 Å². The number of carbonyl (C=O) groups excluding carboxylic acids is 2. The van der Waals surface area contributed by atoms with E-state index in [0.29, 0.717) is 13.1 Å². The lowest BCUT2D eigenvalue weighted by Crippen LogP contribution is -2.41. The average Bonchev–Trinajstić information content (AvgIpc) is 3.14. The van der Waals surface area contributed by atoms with E-state index >= 15 is 0 Å². The first kappa shape index (κ1) is 19.5. The van der Waals surface area contributed by atoms with Crippen molar-refractivity contribution in [2.45, 2.75) is 11.8 Å². The molecule has 34 heavy (non-hydrogen) atoms. The van der Waals surface area contributed by atoms with E-state index < -0.39 is 0 Å². The molecule has 8 rings (SSSR count). The van der Waals surface area contributed by atoms with E-state index in [2.05, 4.69) is 47.8 Å². The number of nitrogens with zero attached hydrogens (tertiary/aromatic N) is 1. The minimum Gasteiger partial charge on any atom is -0.383 e. The third-order valence-corrected chi connectivity index (χ3v) is 7.98. The molecule has 1 N–H and O–H groups in total. The molecular formula is C30H24N2O2. The number of hydrogen-bond donors (Lipinski definition) is 1. The predicted octanol–water partition coefficient (Wildman–Crippen LogP) is 5.14. The van der Waals surface area contributed by atoms with E-state index in [9.17, 15) is 9.59 Å². The molecule has 4 aromatic carbocycles. The summed E-state index contributed by atoms with van der Waals surface area (Å²) in [7, 11) is 0. The highest BCUT2D eigenvalue weighted by Gasteiger charge is 2.61. The van der Waals surface area contributed by atoms with Crippen molar-refractivity contribution in [2.75, 3.05) is 18.4 Å². The molecule has 4 aliphatic rings. The van der Waals surface area contributed by atoms with Gasteiger partial charge in [-0.15, -0.1) is 0 Å². The number of benzene rings is 4. The normalized spacial score (nSPS) is 24.2. The van der Waals surface area contributed by atoms with Crippen molar-refractivity contribution in [3.05, 3.63) is 113 Å². The zero-order chi connectivity index (χ0) is 22.8. The Hall–Kier alpha value is -3.92. The number of fused-ring (bicyclic) bond motifs is 1. The molecule has 1 saturated heterocycles. The quantitative estimate of drug-likeness (QED) is 0.443. The molecule has 0 aromatic heterocycles. The van der Waals surface area contributed by atoms with Gasteiger partial charge in [0.1, 0.15) is 0 Å². The number of amides is 2. The summed E-state index contributed by atoms with van der Waals surface area (Å²) in [6, 6.07) is 31.1. The zero-order valence-corrected chi connectivity index (χ0v) is 18.6. The van der Waals surface area contributed by atoms with Crippen LogP contribution in [-0.4, -0.2) is 29.8 Å². The van der Waals surface area contributed by atoms with Crippen molar-refractivity contribution in [3.8, 4) is 0 Å². The van der Waals surface area contributed by atoms with Crippen LogP contribution in [0, 0.1) is 11.8 Å². The smallest absolute Gasteiger partial charge is 0.234 e. The standard InChI is InChI=1S/C30H24N2O2/c33-29-27-25-20-11-3-4-12-21(20)26(23-14-6-5-13-22(23)25)28(27)30(34)32(29)17-16-31-24-15-7-9-18-8-1-2-10-19(18)24/h1-15,25-28,31H,16-17H2/t25?,26?,27-,28+. The van der Waals surface area contributed by atoms with Crippen LogP contribution in [0.5, 0.6) is 0 Å². The molecule has 4 aromatic rings. The molecule has 4 nitrogen and oxygen atoms in total. The van der Waals surface area contributed by atoms with Gasteiger partial charge in [-0.1, -0.05) is 84.9 Å². The number of likely N-dealkylation sites (tertiary alicyclic amines) is 1. The third kappa shape index (κ3) is 2.59. The molecule has 166 valence electrons. The summed E-state index contributed by atoms with van der Waals surface area (Å²) in [5, 5.41) is 5.77. The minimum absolute atomic E-state index is 0.0197. The van der Waals surface area contributed by atoms with E-state index in [1.807, 2.05) is 48.5 Å². The number of hydrogen-bond acceptors (Lipinski definition) is 3. The number of rotatable bonds is 4. The first-order chi connectivity index (χ1) is 16.7. The lowest BCUT2D eigenvalue weighted by molar-refractivity contribution is -0.139. The van der Waals surface area contributed by atoms with Crippen LogP contribution < -0.4 is 5.32 Å². The molecular weight excluding hydrogens is 420 g/mol. The fourth-order valence-corrected chi connectivity index (χ4v) is 6.64. The highest BCUT2D eigenvalue weighted by Crippen LogP contribution is 2.60. The van der Waals surface area contributed by atoms with Crippen LogP contribution in [0.2, 0.25) is 0 Å². The molecule has 2 bridgehead atoms. The Morgan fingerprint density at radius 3 is 1.71 bits per heavy atom. The maximum absolute atomic E-state index is 13.7. The molecule has 0 radical (unpaired) electrons. The van der Waals surface area contributed by atoms with Gasteiger partial charge in [0.2, 0.25) is 11.8 Å². The molecule has 0 spiro atoms. The Labute approximate surface area is 198 Å². The van der Waals surface area contributed by atoms with Crippen LogP contribution in [0.15, 0.2) is 91.0 Å². The molecule has 1 aliphatic heterocycles. The molecule has 1 fully saturated rings. The Kier molecular flexibility index (Phi) is 4.19. The van der Waals surface area contributed by atoms with Crippen LogP contribution >= 0.6 is 0 Å². The van der Waals surface area contributed by atoms with Gasteiger partial charge in [-0.2, -0.15) is 0 Å². The molecule has 0 unspecified atom stereocenters. The second kappa shape index (κ2) is 7.29. The van der Waals surface area contributed by atoms with Crippen LogP contribution in [0.3, 0.4) is 0 Å². The number of anilines is 1. The fraction of sp³-hybridized carbons (Fsp3) is 0.200. The van der Waals surface area contributed by atoms with Gasteiger partial charge in [-0.25, -0.2) is 0 Å². The second-order valence-electron chi connectivity index (χ2n) is 9.55. The molecule has 2 amide bonds. The van der Waals surface area contributed by atoms with Gasteiger partial charge in [0, 0.05) is 36.0 Å². The molecule has 0 saturated carbocycles. The summed E-state index contributed by atoms with van der Waals surface area (Å²) < 4.78 is 0. The Morgan fingerprint density at radius 1 is 0.618 bits per heavy atom. The van der Waals surface area contributed by atoms with Crippen LogP contribution in [0.1, 0.15) is 34.1 Å². The number of imide groups is 1. The van der Waals surface area contributed by atoms with Gasteiger partial charge in [0.15, 0.2) is 0 Å². The highest BCUT2D eigenvalue weighted by atomic mass is 16.2. The second-order valence-corrected chi connectivity index (χ2v) is 9.55. The van der Waals surface area contributed by atoms with E-state index in [1.54, 1.807) is 0 Å². The Bertz CT molecular complexity index is 1350. The van der Waals surface area contributed by atoms with Crippen LogP contribution in [0.25, 0.3) is 10.8 Å². The average molecular weight is 445 g/mol. The molecule has 3 aliphatic carbocycles. The summed E-state index contributed by atoms with van der Waals surface area (Å²) in [5.74, 6) is -0.744. The van der Waals surface area contributed by atoms with Gasteiger partial charge < -0.3 is 5.32 Å². The Morgan fingerprint density at radius 2 is 1.12 bits per heavy atom. The summed E-state index contributed by atoms with van der Waals surface area (Å²) in [6.07, 6.45) is 0. The SMILES string of the molecule is O=C1[C@@H]2C3c4ccccc4C(c4ccccc43)[C@@H]2C(=O)N1CCNc1cccc2ccccc12. The largest absolute Gasteiger partial charge is 0.383 e. The maximum Gasteiger partial charge on any atom is 0.234 e. The Balaban J connectivity index is 1.20. The van der Waals surface area contributed by atoms with Crippen molar-refractivity contribution in [2.24, 2.45) is 11.8 Å². The molecule has 4 heteroatoms. The lowest BCUT2D eigenvalue weighted by atomic mass is 9.55. The highest BCUT2D eigenvalue weighted by molar-refractivity contribution is 6.07. The van der Waals surface area contributed by atoms with Crippen LogP contribution in [-0.2, 0) is 9.59 Å². The van der Waals surface area contributed by atoms with Crippen molar-refractivity contribution >= 4 is 28.3 Å². The van der Waals surface area contributed by atoms with E-state index in [0.717, 1.165) is 11.1 Å². The third-order valence-electron chi connectivity index (χ3n) is 7.98. The first-order valence-corrected chi connectivity index (χ1v) is 12.0. The summed E-state index contributed by atoms with van der Waals surface area (Å²) in [6.45, 7) is 0.903.